The van der Waals surface area contributed by atoms with E-state index in [-0.39, 0.29) is 38.6 Å². The molecule has 10 heteroatoms. The van der Waals surface area contributed by atoms with Crippen LogP contribution in [0.15, 0.2) is 24.3 Å². The van der Waals surface area contributed by atoms with E-state index < -0.39 is 26.5 Å². The fourth-order valence-electron chi connectivity index (χ4n) is 5.02. The van der Waals surface area contributed by atoms with E-state index in [2.05, 4.69) is 38.2 Å². The Morgan fingerprint density at radius 1 is 0.638 bits per heavy atom. The van der Waals surface area contributed by atoms with Gasteiger partial charge in [-0.15, -0.1) is 0 Å². The predicted molar refractivity (Wildman–Crippen MR) is 192 cm³/mol. The third-order valence-electron chi connectivity index (χ3n) is 7.84. The van der Waals surface area contributed by atoms with Gasteiger partial charge in [-0.2, -0.15) is 0 Å². The summed E-state index contributed by atoms with van der Waals surface area (Å²) in [6.45, 7) is 3.66. The minimum Gasteiger partial charge on any atom is -0.462 e. The van der Waals surface area contributed by atoms with Crippen LogP contribution in [0.5, 0.6) is 0 Å². The molecule has 0 saturated carbocycles. The molecular formula is C37H70NO8P. The SMILES string of the molecule is CCCCC/C=C\C/C=C\CCCCCCCCCC(=O)O[C@H](COC(=O)CCCCCCCCCCC)COP(=O)(O)OCCN. The molecule has 0 aliphatic rings. The highest BCUT2D eigenvalue weighted by Gasteiger charge is 2.25. The Balaban J connectivity index is 4.20. The molecule has 0 fully saturated rings. The largest absolute Gasteiger partial charge is 0.472 e. The molecule has 0 aromatic rings. The van der Waals surface area contributed by atoms with Crippen LogP contribution in [0.4, 0.5) is 0 Å². The summed E-state index contributed by atoms with van der Waals surface area (Å²) in [5, 5.41) is 0. The Labute approximate surface area is 287 Å². The molecule has 0 heterocycles. The molecular weight excluding hydrogens is 617 g/mol. The van der Waals surface area contributed by atoms with Gasteiger partial charge in [0.15, 0.2) is 6.10 Å². The van der Waals surface area contributed by atoms with E-state index in [4.69, 9.17) is 24.3 Å². The fraction of sp³-hybridized carbons (Fsp3) is 0.838. The second kappa shape index (κ2) is 34.4. The zero-order valence-electron chi connectivity index (χ0n) is 30.0. The maximum absolute atomic E-state index is 12.5. The van der Waals surface area contributed by atoms with Crippen LogP contribution in [0.2, 0.25) is 0 Å². The summed E-state index contributed by atoms with van der Waals surface area (Å²) in [7, 11) is -4.37. The molecule has 3 N–H and O–H groups in total. The van der Waals surface area contributed by atoms with Gasteiger partial charge in [0.1, 0.15) is 6.61 Å². The van der Waals surface area contributed by atoms with Crippen LogP contribution in [0, 0.1) is 0 Å². The summed E-state index contributed by atoms with van der Waals surface area (Å²) < 4.78 is 32.6. The second-order valence-electron chi connectivity index (χ2n) is 12.4. The second-order valence-corrected chi connectivity index (χ2v) is 13.9. The van der Waals surface area contributed by atoms with Crippen LogP contribution in [0.25, 0.3) is 0 Å². The van der Waals surface area contributed by atoms with Crippen molar-refractivity contribution >= 4 is 19.8 Å². The fourth-order valence-corrected chi connectivity index (χ4v) is 5.78. The van der Waals surface area contributed by atoms with E-state index >= 15 is 0 Å². The predicted octanol–water partition coefficient (Wildman–Crippen LogP) is 10.0. The average Bonchev–Trinajstić information content (AvgIpc) is 3.05. The number of nitrogens with two attached hydrogens (primary N) is 1. The van der Waals surface area contributed by atoms with Gasteiger partial charge in [0, 0.05) is 19.4 Å². The summed E-state index contributed by atoms with van der Waals surface area (Å²) in [6.07, 6.45) is 33.5. The van der Waals surface area contributed by atoms with Crippen molar-refractivity contribution in [1.82, 2.24) is 0 Å². The van der Waals surface area contributed by atoms with E-state index in [1.807, 2.05) is 0 Å². The molecule has 1 unspecified atom stereocenters. The molecule has 0 radical (unpaired) electrons. The minimum atomic E-state index is -4.37. The number of ether oxygens (including phenoxy) is 2. The van der Waals surface area contributed by atoms with Gasteiger partial charge in [0.2, 0.25) is 0 Å². The molecule has 0 aromatic carbocycles. The van der Waals surface area contributed by atoms with Gasteiger partial charge < -0.3 is 20.1 Å². The number of hydrogen-bond acceptors (Lipinski definition) is 8. The first-order valence-electron chi connectivity index (χ1n) is 18.8. The van der Waals surface area contributed by atoms with Gasteiger partial charge >= 0.3 is 19.8 Å². The molecule has 0 aliphatic carbocycles. The first kappa shape index (κ1) is 45.5. The van der Waals surface area contributed by atoms with Gasteiger partial charge in [0.05, 0.1) is 13.2 Å². The van der Waals surface area contributed by atoms with Crippen molar-refractivity contribution in [2.24, 2.45) is 5.73 Å². The Morgan fingerprint density at radius 2 is 1.11 bits per heavy atom. The highest BCUT2D eigenvalue weighted by Crippen LogP contribution is 2.43. The number of carbonyl (C=O) groups is 2. The summed E-state index contributed by atoms with van der Waals surface area (Å²) >= 11 is 0. The Bertz CT molecular complexity index is 835. The lowest BCUT2D eigenvalue weighted by molar-refractivity contribution is -0.161. The van der Waals surface area contributed by atoms with Crippen molar-refractivity contribution in [2.75, 3.05) is 26.4 Å². The number of phosphoric acid groups is 1. The molecule has 0 aromatic heterocycles. The number of hydrogen-bond donors (Lipinski definition) is 2. The van der Waals surface area contributed by atoms with Crippen LogP contribution in [-0.4, -0.2) is 49.3 Å². The standard InChI is InChI=1S/C37H70NO8P/c1-3-5-7-9-11-13-14-15-16-17-18-19-20-22-24-26-28-30-37(40)46-35(34-45-47(41,42)44-32-31-38)33-43-36(39)29-27-25-23-21-12-10-8-6-4-2/h11,13,15-16,35H,3-10,12,14,17-34,38H2,1-2H3,(H,41,42)/b13-11-,16-15-/t35-/m1/s1. The number of esters is 2. The maximum Gasteiger partial charge on any atom is 0.472 e. The molecule has 9 nitrogen and oxygen atoms in total. The third-order valence-corrected chi connectivity index (χ3v) is 8.82. The highest BCUT2D eigenvalue weighted by atomic mass is 31.2. The molecule has 0 amide bonds. The van der Waals surface area contributed by atoms with Gasteiger partial charge in [-0.25, -0.2) is 4.57 Å². The van der Waals surface area contributed by atoms with Gasteiger partial charge in [-0.05, 0) is 44.9 Å². The van der Waals surface area contributed by atoms with Crippen LogP contribution in [0.3, 0.4) is 0 Å². The van der Waals surface area contributed by atoms with Gasteiger partial charge in [0.25, 0.3) is 0 Å². The summed E-state index contributed by atoms with van der Waals surface area (Å²) in [6, 6.07) is 0. The quantitative estimate of drug-likeness (QED) is 0.0289. The molecule has 47 heavy (non-hydrogen) atoms. The Morgan fingerprint density at radius 3 is 1.66 bits per heavy atom. The van der Waals surface area contributed by atoms with Crippen molar-refractivity contribution in [3.63, 3.8) is 0 Å². The zero-order chi connectivity index (χ0) is 34.7. The number of rotatable bonds is 35. The highest BCUT2D eigenvalue weighted by molar-refractivity contribution is 7.47. The molecule has 0 spiro atoms. The van der Waals surface area contributed by atoms with E-state index in [1.165, 1.54) is 83.5 Å². The lowest BCUT2D eigenvalue weighted by atomic mass is 10.1. The summed E-state index contributed by atoms with van der Waals surface area (Å²) in [5.41, 5.74) is 5.32. The Hall–Kier alpha value is -1.51. The van der Waals surface area contributed by atoms with Crippen LogP contribution >= 0.6 is 7.82 Å². The topological polar surface area (TPSA) is 134 Å². The van der Waals surface area contributed by atoms with Crippen molar-refractivity contribution < 1.29 is 37.6 Å². The number of phosphoric ester groups is 1. The van der Waals surface area contributed by atoms with Gasteiger partial charge in [-0.1, -0.05) is 134 Å². The van der Waals surface area contributed by atoms with E-state index in [9.17, 15) is 19.0 Å². The van der Waals surface area contributed by atoms with E-state index in [0.717, 1.165) is 51.4 Å². The van der Waals surface area contributed by atoms with Crippen molar-refractivity contribution in [3.8, 4) is 0 Å². The number of allylic oxidation sites excluding steroid dienone is 4. The molecule has 0 aliphatic heterocycles. The first-order valence-corrected chi connectivity index (χ1v) is 20.3. The normalized spacial score (nSPS) is 13.7. The smallest absolute Gasteiger partial charge is 0.462 e. The molecule has 0 saturated heterocycles. The zero-order valence-corrected chi connectivity index (χ0v) is 30.9. The van der Waals surface area contributed by atoms with Gasteiger partial charge in [-0.3, -0.25) is 18.6 Å². The molecule has 0 bridgehead atoms. The number of carbonyl (C=O) groups excluding carboxylic acids is 2. The molecule has 0 rings (SSSR count). The molecule has 2 atom stereocenters. The van der Waals surface area contributed by atoms with E-state index in [0.29, 0.717) is 6.42 Å². The van der Waals surface area contributed by atoms with E-state index in [1.54, 1.807) is 0 Å². The lowest BCUT2D eigenvalue weighted by Gasteiger charge is -2.19. The van der Waals surface area contributed by atoms with Crippen molar-refractivity contribution in [1.29, 1.82) is 0 Å². The van der Waals surface area contributed by atoms with Crippen molar-refractivity contribution in [2.45, 2.75) is 174 Å². The minimum absolute atomic E-state index is 0.0531. The Kier molecular flexibility index (Phi) is 33.3. The summed E-state index contributed by atoms with van der Waals surface area (Å²) in [4.78, 5) is 34.6. The lowest BCUT2D eigenvalue weighted by Crippen LogP contribution is -2.29. The third kappa shape index (κ3) is 34.2. The average molecular weight is 688 g/mol. The number of unbranched alkanes of at least 4 members (excludes halogenated alkanes) is 18. The van der Waals surface area contributed by atoms with Crippen LogP contribution < -0.4 is 5.73 Å². The summed E-state index contributed by atoms with van der Waals surface area (Å²) in [5.74, 6) is -0.839. The van der Waals surface area contributed by atoms with Crippen molar-refractivity contribution in [3.05, 3.63) is 24.3 Å². The monoisotopic (exact) mass is 687 g/mol. The van der Waals surface area contributed by atoms with Crippen LogP contribution in [-0.2, 0) is 32.7 Å². The first-order chi connectivity index (χ1) is 22.8. The molecule has 276 valence electrons. The van der Waals surface area contributed by atoms with Crippen LogP contribution in [0.1, 0.15) is 168 Å². The maximum atomic E-state index is 12.5.